The summed E-state index contributed by atoms with van der Waals surface area (Å²) in [5.41, 5.74) is 3.14. The van der Waals surface area contributed by atoms with E-state index in [9.17, 15) is 15.0 Å². The minimum absolute atomic E-state index is 0.0353. The second kappa shape index (κ2) is 6.94. The molecule has 1 unspecified atom stereocenters. The molecule has 0 aromatic heterocycles. The summed E-state index contributed by atoms with van der Waals surface area (Å²) >= 11 is 0. The first-order valence-corrected chi connectivity index (χ1v) is 7.74. The quantitative estimate of drug-likeness (QED) is 0.704. The molecule has 21 heavy (non-hydrogen) atoms. The lowest BCUT2D eigenvalue weighted by atomic mass is 9.96. The van der Waals surface area contributed by atoms with E-state index in [0.717, 1.165) is 29.6 Å². The van der Waals surface area contributed by atoms with Gasteiger partial charge >= 0.3 is 0 Å². The summed E-state index contributed by atoms with van der Waals surface area (Å²) in [7, 11) is 0. The number of aliphatic hydroxyl groups excluding tert-OH is 2. The first kappa shape index (κ1) is 15.8. The zero-order valence-electron chi connectivity index (χ0n) is 12.9. The molecule has 2 aliphatic carbocycles. The average Bonchev–Trinajstić information content (AvgIpc) is 3.23. The Morgan fingerprint density at radius 2 is 2.24 bits per heavy atom. The van der Waals surface area contributed by atoms with Crippen LogP contribution >= 0.6 is 0 Å². The maximum absolute atomic E-state index is 11.3. The van der Waals surface area contributed by atoms with Crippen LogP contribution in [-0.4, -0.2) is 29.3 Å². The molecule has 1 fully saturated rings. The van der Waals surface area contributed by atoms with Gasteiger partial charge in [0.15, 0.2) is 0 Å². The van der Waals surface area contributed by atoms with Gasteiger partial charge in [-0.3, -0.25) is 4.79 Å². The maximum Gasteiger partial charge on any atom is 0.219 e. The summed E-state index contributed by atoms with van der Waals surface area (Å²) in [6.45, 7) is 4.59. The van der Waals surface area contributed by atoms with Crippen molar-refractivity contribution in [1.29, 1.82) is 0 Å². The monoisotopic (exact) mass is 291 g/mol. The SMILES string of the molecule is CCC(=O)NC[C@@H]1CC1C1=CCC(C)=CC(O)=C1CCO. The van der Waals surface area contributed by atoms with Crippen LogP contribution in [0.15, 0.2) is 34.6 Å². The van der Waals surface area contributed by atoms with Gasteiger partial charge in [0.2, 0.25) is 5.91 Å². The lowest BCUT2D eigenvalue weighted by Crippen LogP contribution is -2.25. The Labute approximate surface area is 126 Å². The van der Waals surface area contributed by atoms with Gasteiger partial charge in [-0.05, 0) is 55.2 Å². The van der Waals surface area contributed by atoms with E-state index in [0.29, 0.717) is 31.2 Å². The van der Waals surface area contributed by atoms with Crippen molar-refractivity contribution >= 4 is 5.91 Å². The highest BCUT2D eigenvalue weighted by Gasteiger charge is 2.41. The van der Waals surface area contributed by atoms with Crippen LogP contribution in [0, 0.1) is 11.8 Å². The predicted molar refractivity (Wildman–Crippen MR) is 82.7 cm³/mol. The van der Waals surface area contributed by atoms with Crippen molar-refractivity contribution in [3.05, 3.63) is 34.6 Å². The highest BCUT2D eigenvalue weighted by molar-refractivity contribution is 5.75. The fourth-order valence-corrected chi connectivity index (χ4v) is 2.90. The molecule has 1 saturated carbocycles. The second-order valence-corrected chi connectivity index (χ2v) is 5.95. The number of allylic oxidation sites excluding steroid dienone is 4. The van der Waals surface area contributed by atoms with E-state index in [2.05, 4.69) is 11.4 Å². The summed E-state index contributed by atoms with van der Waals surface area (Å²) in [5, 5.41) is 22.4. The molecule has 0 heterocycles. The van der Waals surface area contributed by atoms with Crippen molar-refractivity contribution in [3.63, 3.8) is 0 Å². The van der Waals surface area contributed by atoms with Crippen molar-refractivity contribution in [1.82, 2.24) is 5.32 Å². The van der Waals surface area contributed by atoms with Gasteiger partial charge in [-0.15, -0.1) is 0 Å². The summed E-state index contributed by atoms with van der Waals surface area (Å²) in [6, 6.07) is 0. The lowest BCUT2D eigenvalue weighted by Gasteiger charge is -2.12. The lowest BCUT2D eigenvalue weighted by molar-refractivity contribution is -0.120. The molecule has 3 N–H and O–H groups in total. The summed E-state index contributed by atoms with van der Waals surface area (Å²) in [6.07, 6.45) is 6.83. The highest BCUT2D eigenvalue weighted by Crippen LogP contribution is 2.48. The molecule has 0 radical (unpaired) electrons. The van der Waals surface area contributed by atoms with Gasteiger partial charge in [0.1, 0.15) is 5.76 Å². The first-order valence-electron chi connectivity index (χ1n) is 7.74. The van der Waals surface area contributed by atoms with E-state index in [1.807, 2.05) is 13.8 Å². The molecule has 0 aromatic rings. The predicted octanol–water partition coefficient (Wildman–Crippen LogP) is 2.62. The Bertz CT molecular complexity index is 502. The minimum atomic E-state index is 0.0353. The Balaban J connectivity index is 2.05. The number of carbonyl (C=O) groups excluding carboxylic acids is 1. The summed E-state index contributed by atoms with van der Waals surface area (Å²) in [4.78, 5) is 11.3. The number of aliphatic hydroxyl groups is 2. The maximum atomic E-state index is 11.3. The Morgan fingerprint density at radius 1 is 1.48 bits per heavy atom. The third-order valence-electron chi connectivity index (χ3n) is 4.25. The molecule has 1 amide bonds. The molecule has 0 spiro atoms. The highest BCUT2D eigenvalue weighted by atomic mass is 16.3. The summed E-state index contributed by atoms with van der Waals surface area (Å²) < 4.78 is 0. The minimum Gasteiger partial charge on any atom is -0.508 e. The van der Waals surface area contributed by atoms with Crippen LogP contribution in [-0.2, 0) is 4.79 Å². The third-order valence-corrected chi connectivity index (χ3v) is 4.25. The topological polar surface area (TPSA) is 69.6 Å². The van der Waals surface area contributed by atoms with Gasteiger partial charge in [-0.2, -0.15) is 0 Å². The summed E-state index contributed by atoms with van der Waals surface area (Å²) in [5.74, 6) is 1.22. The molecule has 116 valence electrons. The van der Waals surface area contributed by atoms with Gasteiger partial charge in [0.05, 0.1) is 0 Å². The molecule has 2 rings (SSSR count). The van der Waals surface area contributed by atoms with Crippen LogP contribution in [0.5, 0.6) is 0 Å². The zero-order chi connectivity index (χ0) is 15.4. The van der Waals surface area contributed by atoms with Crippen LogP contribution in [0.3, 0.4) is 0 Å². The molecule has 2 aliphatic rings. The average molecular weight is 291 g/mol. The van der Waals surface area contributed by atoms with Gasteiger partial charge < -0.3 is 15.5 Å². The van der Waals surface area contributed by atoms with Crippen LogP contribution in [0.4, 0.5) is 0 Å². The van der Waals surface area contributed by atoms with E-state index in [1.165, 1.54) is 0 Å². The van der Waals surface area contributed by atoms with Crippen molar-refractivity contribution in [3.8, 4) is 0 Å². The third kappa shape index (κ3) is 3.97. The second-order valence-electron chi connectivity index (χ2n) is 5.95. The van der Waals surface area contributed by atoms with Crippen molar-refractivity contribution in [2.75, 3.05) is 13.2 Å². The molecular weight excluding hydrogens is 266 g/mol. The Hall–Kier alpha value is -1.55. The molecular formula is C17H25NO3. The van der Waals surface area contributed by atoms with Crippen LogP contribution in [0.2, 0.25) is 0 Å². The van der Waals surface area contributed by atoms with E-state index in [1.54, 1.807) is 6.08 Å². The number of hydrogen-bond acceptors (Lipinski definition) is 3. The number of nitrogens with one attached hydrogen (secondary N) is 1. The van der Waals surface area contributed by atoms with Gasteiger partial charge in [-0.25, -0.2) is 0 Å². The smallest absolute Gasteiger partial charge is 0.219 e. The molecule has 0 saturated heterocycles. The largest absolute Gasteiger partial charge is 0.508 e. The van der Waals surface area contributed by atoms with Crippen LogP contribution in [0.1, 0.15) is 39.5 Å². The van der Waals surface area contributed by atoms with E-state index in [4.69, 9.17) is 0 Å². The van der Waals surface area contributed by atoms with E-state index in [-0.39, 0.29) is 18.3 Å². The fraction of sp³-hybridized carbons (Fsp3) is 0.588. The number of hydrogen-bond donors (Lipinski definition) is 3. The van der Waals surface area contributed by atoms with Gasteiger partial charge in [-0.1, -0.05) is 18.6 Å². The normalized spacial score (nSPS) is 25.1. The molecule has 2 atom stereocenters. The van der Waals surface area contributed by atoms with Gasteiger partial charge in [0.25, 0.3) is 0 Å². The zero-order valence-corrected chi connectivity index (χ0v) is 12.9. The number of rotatable bonds is 6. The molecule has 0 aromatic carbocycles. The molecule has 0 bridgehead atoms. The molecule has 0 aliphatic heterocycles. The number of amides is 1. The van der Waals surface area contributed by atoms with Crippen LogP contribution < -0.4 is 5.32 Å². The van der Waals surface area contributed by atoms with Crippen molar-refractivity contribution < 1.29 is 15.0 Å². The molecule has 4 heteroatoms. The van der Waals surface area contributed by atoms with Crippen molar-refractivity contribution in [2.24, 2.45) is 11.8 Å². The van der Waals surface area contributed by atoms with Crippen LogP contribution in [0.25, 0.3) is 0 Å². The molecule has 4 nitrogen and oxygen atoms in total. The number of carbonyl (C=O) groups is 1. The van der Waals surface area contributed by atoms with Gasteiger partial charge in [0, 0.05) is 19.6 Å². The first-order chi connectivity index (χ1) is 10.1. The van der Waals surface area contributed by atoms with E-state index >= 15 is 0 Å². The van der Waals surface area contributed by atoms with Crippen molar-refractivity contribution in [2.45, 2.75) is 39.5 Å². The van der Waals surface area contributed by atoms with E-state index < -0.39 is 0 Å². The fourth-order valence-electron chi connectivity index (χ4n) is 2.90. The Morgan fingerprint density at radius 3 is 2.90 bits per heavy atom. The standard InChI is InChI=1S/C17H25NO3/c1-3-17(21)18-10-12-9-15(12)13-5-4-11(2)8-16(20)14(13)6-7-19/h5,8,12,15,19-20H,3-4,6-7,9-10H2,1-2H3,(H,18,21)/t12-,15?/m0/s1. The Kier molecular flexibility index (Phi) is 5.23.